The number of non-ortho nitro benzene ring substituents is 1. The lowest BCUT2D eigenvalue weighted by Crippen LogP contribution is -2.37. The Bertz CT molecular complexity index is 416. The number of hydrogen-bond donors (Lipinski definition) is 1. The lowest BCUT2D eigenvalue weighted by molar-refractivity contribution is -0.384. The fourth-order valence-corrected chi connectivity index (χ4v) is 1.58. The Morgan fingerprint density at radius 2 is 2.18 bits per heavy atom. The van der Waals surface area contributed by atoms with Crippen molar-refractivity contribution in [1.82, 2.24) is 0 Å². The van der Waals surface area contributed by atoms with Crippen LogP contribution in [0.1, 0.15) is 25.8 Å². The number of benzene rings is 1. The van der Waals surface area contributed by atoms with Gasteiger partial charge in [0, 0.05) is 23.2 Å². The van der Waals surface area contributed by atoms with Gasteiger partial charge < -0.3 is 10.5 Å². The maximum Gasteiger partial charge on any atom is 0.269 e. The summed E-state index contributed by atoms with van der Waals surface area (Å²) in [5.41, 5.74) is 6.52. The quantitative estimate of drug-likeness (QED) is 0.630. The smallest absolute Gasteiger partial charge is 0.269 e. The Balaban J connectivity index is 3.10. The fourth-order valence-electron chi connectivity index (χ4n) is 1.58. The highest BCUT2D eigenvalue weighted by molar-refractivity contribution is 5.44. The Morgan fingerprint density at radius 1 is 1.53 bits per heavy atom. The molecule has 0 aliphatic rings. The van der Waals surface area contributed by atoms with Gasteiger partial charge in [-0.1, -0.05) is 6.92 Å². The van der Waals surface area contributed by atoms with Crippen LogP contribution in [0.5, 0.6) is 5.75 Å². The molecule has 0 bridgehead atoms. The summed E-state index contributed by atoms with van der Waals surface area (Å²) in [5, 5.41) is 10.7. The van der Waals surface area contributed by atoms with Gasteiger partial charge in [-0.25, -0.2) is 0 Å². The van der Waals surface area contributed by atoms with Gasteiger partial charge in [-0.15, -0.1) is 0 Å². The van der Waals surface area contributed by atoms with E-state index in [0.717, 1.165) is 12.0 Å². The molecule has 17 heavy (non-hydrogen) atoms. The van der Waals surface area contributed by atoms with E-state index in [9.17, 15) is 10.1 Å². The molecule has 1 aromatic rings. The predicted octanol–water partition coefficient (Wildman–Crippen LogP) is 2.27. The van der Waals surface area contributed by atoms with Gasteiger partial charge in [0.1, 0.15) is 5.75 Å². The lowest BCUT2D eigenvalue weighted by Gasteiger charge is -2.23. The monoisotopic (exact) mass is 238 g/mol. The summed E-state index contributed by atoms with van der Waals surface area (Å²) in [7, 11) is 1.55. The Hall–Kier alpha value is -1.62. The number of methoxy groups -OCH3 is 1. The summed E-state index contributed by atoms with van der Waals surface area (Å²) in [4.78, 5) is 10.3. The van der Waals surface area contributed by atoms with Crippen LogP contribution < -0.4 is 10.5 Å². The van der Waals surface area contributed by atoms with Crippen molar-refractivity contribution in [3.05, 3.63) is 33.9 Å². The van der Waals surface area contributed by atoms with Crippen LogP contribution >= 0.6 is 0 Å². The molecule has 2 N–H and O–H groups in total. The molecule has 0 saturated carbocycles. The summed E-state index contributed by atoms with van der Waals surface area (Å²) < 4.78 is 5.19. The van der Waals surface area contributed by atoms with E-state index >= 15 is 0 Å². The topological polar surface area (TPSA) is 78.4 Å². The van der Waals surface area contributed by atoms with Crippen molar-refractivity contribution in [3.8, 4) is 5.75 Å². The van der Waals surface area contributed by atoms with Crippen molar-refractivity contribution in [2.75, 3.05) is 7.11 Å². The lowest BCUT2D eigenvalue weighted by atomic mass is 9.91. The summed E-state index contributed by atoms with van der Waals surface area (Å²) in [6.07, 6.45) is 1.34. The molecular weight excluding hydrogens is 220 g/mol. The number of nitro benzene ring substituents is 1. The van der Waals surface area contributed by atoms with Crippen molar-refractivity contribution in [1.29, 1.82) is 0 Å². The summed E-state index contributed by atoms with van der Waals surface area (Å²) in [5.74, 6) is 0.640. The molecule has 1 rings (SSSR count). The summed E-state index contributed by atoms with van der Waals surface area (Å²) in [6, 6.07) is 4.57. The molecule has 1 unspecified atom stereocenters. The third-order valence-electron chi connectivity index (χ3n) is 2.88. The zero-order valence-electron chi connectivity index (χ0n) is 10.4. The minimum atomic E-state index is -0.414. The first-order valence-electron chi connectivity index (χ1n) is 5.50. The van der Waals surface area contributed by atoms with E-state index in [-0.39, 0.29) is 11.2 Å². The van der Waals surface area contributed by atoms with Crippen LogP contribution in [0.4, 0.5) is 5.69 Å². The van der Waals surface area contributed by atoms with E-state index in [0.29, 0.717) is 12.2 Å². The molecule has 1 aromatic carbocycles. The van der Waals surface area contributed by atoms with Gasteiger partial charge in [0.2, 0.25) is 0 Å². The maximum atomic E-state index is 10.7. The highest BCUT2D eigenvalue weighted by Crippen LogP contribution is 2.27. The van der Waals surface area contributed by atoms with Crippen molar-refractivity contribution in [2.24, 2.45) is 5.73 Å². The second-order valence-corrected chi connectivity index (χ2v) is 4.44. The van der Waals surface area contributed by atoms with Crippen LogP contribution in [0.15, 0.2) is 18.2 Å². The van der Waals surface area contributed by atoms with E-state index in [1.54, 1.807) is 13.2 Å². The van der Waals surface area contributed by atoms with Gasteiger partial charge in [-0.05, 0) is 25.8 Å². The molecular formula is C12H18N2O3. The second kappa shape index (κ2) is 5.14. The van der Waals surface area contributed by atoms with Gasteiger partial charge in [0.05, 0.1) is 12.0 Å². The predicted molar refractivity (Wildman–Crippen MR) is 66.2 cm³/mol. The van der Waals surface area contributed by atoms with Crippen LogP contribution in [-0.4, -0.2) is 17.6 Å². The highest BCUT2D eigenvalue weighted by atomic mass is 16.6. The first-order chi connectivity index (χ1) is 7.89. The molecule has 0 aliphatic heterocycles. The largest absolute Gasteiger partial charge is 0.496 e. The summed E-state index contributed by atoms with van der Waals surface area (Å²) >= 11 is 0. The van der Waals surface area contributed by atoms with E-state index in [1.807, 2.05) is 13.8 Å². The average molecular weight is 238 g/mol. The first-order valence-corrected chi connectivity index (χ1v) is 5.50. The highest BCUT2D eigenvalue weighted by Gasteiger charge is 2.20. The molecule has 0 fully saturated rings. The molecule has 0 radical (unpaired) electrons. The molecule has 5 heteroatoms. The van der Waals surface area contributed by atoms with Crippen molar-refractivity contribution in [3.63, 3.8) is 0 Å². The van der Waals surface area contributed by atoms with Gasteiger partial charge in [-0.2, -0.15) is 0 Å². The first kappa shape index (κ1) is 13.4. The minimum absolute atomic E-state index is 0.0627. The average Bonchev–Trinajstić information content (AvgIpc) is 2.28. The molecule has 0 aromatic heterocycles. The fraction of sp³-hybridized carbons (Fsp3) is 0.500. The maximum absolute atomic E-state index is 10.7. The standard InChI is InChI=1S/C12H18N2O3/c1-4-12(2,13)8-9-7-10(14(15)16)5-6-11(9)17-3/h5-7H,4,8,13H2,1-3H3. The number of nitrogens with zero attached hydrogens (tertiary/aromatic N) is 1. The zero-order valence-corrected chi connectivity index (χ0v) is 10.4. The van der Waals surface area contributed by atoms with Crippen molar-refractivity contribution in [2.45, 2.75) is 32.2 Å². The molecule has 5 nitrogen and oxygen atoms in total. The van der Waals surface area contributed by atoms with Gasteiger partial charge in [0.25, 0.3) is 5.69 Å². The second-order valence-electron chi connectivity index (χ2n) is 4.44. The molecule has 0 amide bonds. The van der Waals surface area contributed by atoms with Gasteiger partial charge in [0.15, 0.2) is 0 Å². The normalized spacial score (nSPS) is 14.1. The third kappa shape index (κ3) is 3.42. The van der Waals surface area contributed by atoms with Gasteiger partial charge in [-0.3, -0.25) is 10.1 Å². The van der Waals surface area contributed by atoms with Crippen molar-refractivity contribution >= 4 is 5.69 Å². The molecule has 94 valence electrons. The van der Waals surface area contributed by atoms with E-state index in [1.165, 1.54) is 12.1 Å². The number of rotatable bonds is 5. The number of nitro groups is 1. The van der Waals surface area contributed by atoms with E-state index in [4.69, 9.17) is 10.5 Å². The van der Waals surface area contributed by atoms with E-state index < -0.39 is 4.92 Å². The van der Waals surface area contributed by atoms with Crippen LogP contribution in [0.3, 0.4) is 0 Å². The zero-order chi connectivity index (χ0) is 13.1. The molecule has 0 aliphatic carbocycles. The Labute approximate surface area is 101 Å². The molecule has 0 saturated heterocycles. The number of hydrogen-bond acceptors (Lipinski definition) is 4. The SMILES string of the molecule is CCC(C)(N)Cc1cc([N+](=O)[O-])ccc1OC. The molecule has 1 atom stereocenters. The number of nitrogens with two attached hydrogens (primary N) is 1. The van der Waals surface area contributed by atoms with Gasteiger partial charge >= 0.3 is 0 Å². The molecule has 0 heterocycles. The van der Waals surface area contributed by atoms with Crippen LogP contribution in [0, 0.1) is 10.1 Å². The minimum Gasteiger partial charge on any atom is -0.496 e. The Kier molecular flexibility index (Phi) is 4.07. The third-order valence-corrected chi connectivity index (χ3v) is 2.88. The van der Waals surface area contributed by atoms with Crippen LogP contribution in [0.2, 0.25) is 0 Å². The number of ether oxygens (including phenoxy) is 1. The van der Waals surface area contributed by atoms with Crippen molar-refractivity contribution < 1.29 is 9.66 Å². The molecule has 0 spiro atoms. The summed E-state index contributed by atoms with van der Waals surface area (Å²) in [6.45, 7) is 3.91. The van der Waals surface area contributed by atoms with Crippen LogP contribution in [-0.2, 0) is 6.42 Å². The van der Waals surface area contributed by atoms with E-state index in [2.05, 4.69) is 0 Å². The van der Waals surface area contributed by atoms with Crippen LogP contribution in [0.25, 0.3) is 0 Å². The Morgan fingerprint density at radius 3 is 2.65 bits per heavy atom.